The van der Waals surface area contributed by atoms with E-state index in [0.717, 1.165) is 22.0 Å². The van der Waals surface area contributed by atoms with Crippen molar-refractivity contribution in [1.82, 2.24) is 15.2 Å². The van der Waals surface area contributed by atoms with Crippen molar-refractivity contribution in [3.05, 3.63) is 15.5 Å². The molecule has 18 heavy (non-hydrogen) atoms. The monoisotopic (exact) mass is 285 g/mol. The van der Waals surface area contributed by atoms with Crippen LogP contribution in [0.2, 0.25) is 0 Å². The zero-order chi connectivity index (χ0) is 13.1. The molecule has 0 unspecified atom stereocenters. The highest BCUT2D eigenvalue weighted by Gasteiger charge is 2.17. The van der Waals surface area contributed by atoms with Gasteiger partial charge in [0, 0.05) is 13.5 Å². The summed E-state index contributed by atoms with van der Waals surface area (Å²) in [5.74, 6) is 1.05. The Morgan fingerprint density at radius 3 is 2.83 bits per heavy atom. The Balaban J connectivity index is 2.37. The summed E-state index contributed by atoms with van der Waals surface area (Å²) >= 11 is 6.47. The van der Waals surface area contributed by atoms with Crippen molar-refractivity contribution in [2.24, 2.45) is 5.92 Å². The average Bonchev–Trinajstić information content (AvgIpc) is 2.85. The van der Waals surface area contributed by atoms with Gasteiger partial charge in [0.1, 0.15) is 4.88 Å². The number of nitrogens with one attached hydrogen (secondary N) is 1. The quantitative estimate of drug-likeness (QED) is 0.855. The van der Waals surface area contributed by atoms with Gasteiger partial charge in [0.25, 0.3) is 10.7 Å². The van der Waals surface area contributed by atoms with Gasteiger partial charge in [-0.3, -0.25) is 0 Å². The summed E-state index contributed by atoms with van der Waals surface area (Å²) in [4.78, 5) is 5.73. The molecule has 0 saturated heterocycles. The van der Waals surface area contributed by atoms with E-state index in [-0.39, 0.29) is 4.84 Å². The number of aromatic amines is 1. The van der Waals surface area contributed by atoms with E-state index in [2.05, 4.69) is 29.0 Å². The molecule has 98 valence electrons. The van der Waals surface area contributed by atoms with E-state index in [4.69, 9.17) is 21.4 Å². The van der Waals surface area contributed by atoms with Gasteiger partial charge in [-0.1, -0.05) is 13.8 Å². The van der Waals surface area contributed by atoms with E-state index in [9.17, 15) is 0 Å². The molecule has 7 heteroatoms. The number of rotatable bonds is 5. The Hall–Kier alpha value is -1.05. The summed E-state index contributed by atoms with van der Waals surface area (Å²) < 4.78 is 10.5. The lowest BCUT2D eigenvalue weighted by Crippen LogP contribution is -1.95. The number of methoxy groups -OCH3 is 1. The Labute approximate surface area is 114 Å². The minimum Gasteiger partial charge on any atom is -0.408 e. The van der Waals surface area contributed by atoms with Crippen LogP contribution in [0.1, 0.15) is 24.5 Å². The molecule has 0 spiro atoms. The Bertz CT molecular complexity index is 571. The zero-order valence-corrected chi connectivity index (χ0v) is 12.2. The summed E-state index contributed by atoms with van der Waals surface area (Å²) in [5, 5.41) is 7.73. The van der Waals surface area contributed by atoms with Gasteiger partial charge in [-0.2, -0.15) is 0 Å². The second-order valence-corrected chi connectivity index (χ2v) is 5.79. The van der Waals surface area contributed by atoms with Crippen LogP contribution < -0.4 is 0 Å². The van der Waals surface area contributed by atoms with Gasteiger partial charge in [0.15, 0.2) is 0 Å². The molecule has 0 amide bonds. The Kier molecular flexibility index (Phi) is 4.26. The number of hydrogen-bond donors (Lipinski definition) is 1. The lowest BCUT2D eigenvalue weighted by Gasteiger charge is -1.98. The van der Waals surface area contributed by atoms with Crippen LogP contribution in [0, 0.1) is 10.8 Å². The second kappa shape index (κ2) is 5.73. The van der Waals surface area contributed by atoms with Crippen LogP contribution in [0.15, 0.2) is 4.42 Å². The van der Waals surface area contributed by atoms with E-state index in [1.165, 1.54) is 0 Å². The summed E-state index contributed by atoms with van der Waals surface area (Å²) in [6.45, 7) is 4.77. The van der Waals surface area contributed by atoms with Crippen LogP contribution >= 0.6 is 23.6 Å². The molecule has 1 N–H and O–H groups in total. The number of hydrogen-bond acceptors (Lipinski definition) is 6. The number of H-pyrrole nitrogens is 1. The van der Waals surface area contributed by atoms with Crippen LogP contribution in [0.4, 0.5) is 0 Å². The third kappa shape index (κ3) is 3.04. The van der Waals surface area contributed by atoms with Crippen LogP contribution in [0.5, 0.6) is 0 Å². The van der Waals surface area contributed by atoms with E-state index >= 15 is 0 Å². The highest BCUT2D eigenvalue weighted by molar-refractivity contribution is 7.71. The molecule has 0 radical (unpaired) electrons. The number of thiazole rings is 1. The maximum absolute atomic E-state index is 5.34. The fourth-order valence-corrected chi connectivity index (χ4v) is 2.90. The van der Waals surface area contributed by atoms with Crippen molar-refractivity contribution in [2.45, 2.75) is 26.9 Å². The van der Waals surface area contributed by atoms with Crippen molar-refractivity contribution < 1.29 is 9.15 Å². The van der Waals surface area contributed by atoms with E-state index in [0.29, 0.717) is 18.4 Å². The van der Waals surface area contributed by atoms with Gasteiger partial charge in [-0.15, -0.1) is 16.4 Å². The molecule has 0 aliphatic heterocycles. The third-order valence-electron chi connectivity index (χ3n) is 2.24. The van der Waals surface area contributed by atoms with Gasteiger partial charge < -0.3 is 9.15 Å². The maximum Gasteiger partial charge on any atom is 0.284 e. The number of aromatic nitrogens is 3. The third-order valence-corrected chi connectivity index (χ3v) is 3.52. The summed E-state index contributed by atoms with van der Waals surface area (Å²) in [6, 6.07) is 0. The van der Waals surface area contributed by atoms with E-state index < -0.39 is 0 Å². The first-order chi connectivity index (χ1) is 8.60. The fraction of sp³-hybridized carbons (Fsp3) is 0.545. The first-order valence-corrected chi connectivity index (χ1v) is 6.86. The predicted octanol–water partition coefficient (Wildman–Crippen LogP) is 3.20. The highest BCUT2D eigenvalue weighted by atomic mass is 32.1. The molecule has 0 atom stereocenters. The maximum atomic E-state index is 5.34. The molecule has 0 aromatic carbocycles. The van der Waals surface area contributed by atoms with Gasteiger partial charge in [0.05, 0.1) is 17.3 Å². The molecule has 5 nitrogen and oxygen atoms in total. The van der Waals surface area contributed by atoms with Crippen LogP contribution in [0.3, 0.4) is 0 Å². The molecular formula is C11H15N3O2S2. The van der Waals surface area contributed by atoms with Crippen LogP contribution in [-0.4, -0.2) is 22.3 Å². The average molecular weight is 285 g/mol. The second-order valence-electron chi connectivity index (χ2n) is 4.33. The van der Waals surface area contributed by atoms with Crippen molar-refractivity contribution in [2.75, 3.05) is 7.11 Å². The number of ether oxygens (including phenoxy) is 1. The smallest absolute Gasteiger partial charge is 0.284 e. The lowest BCUT2D eigenvalue weighted by molar-refractivity contribution is 0.182. The molecule has 0 aliphatic rings. The molecule has 0 bridgehead atoms. The standard InChI is InChI=1S/C11H15N3O2S2/c1-6(2)4-8-12-7(5-15-3)9(18-8)10-13-14-11(17)16-10/h6H,4-5H2,1-3H3,(H,14,17). The van der Waals surface area contributed by atoms with Gasteiger partial charge in [0.2, 0.25) is 0 Å². The molecular weight excluding hydrogens is 270 g/mol. The van der Waals surface area contributed by atoms with Gasteiger partial charge in [-0.05, 0) is 18.1 Å². The van der Waals surface area contributed by atoms with Crippen molar-refractivity contribution in [3.63, 3.8) is 0 Å². The van der Waals surface area contributed by atoms with E-state index in [1.54, 1.807) is 18.4 Å². The first kappa shape index (κ1) is 13.4. The minimum atomic E-state index is 0.271. The Morgan fingerprint density at radius 2 is 2.28 bits per heavy atom. The normalized spacial score (nSPS) is 11.3. The van der Waals surface area contributed by atoms with Gasteiger partial charge in [-0.25, -0.2) is 10.1 Å². The highest BCUT2D eigenvalue weighted by Crippen LogP contribution is 2.30. The topological polar surface area (TPSA) is 63.9 Å². The SMILES string of the molecule is COCc1nc(CC(C)C)sc1-c1n[nH]c(=S)o1. The van der Waals surface area contributed by atoms with E-state index in [1.807, 2.05) is 0 Å². The molecule has 0 fully saturated rings. The number of nitrogens with zero attached hydrogens (tertiary/aromatic N) is 2. The molecule has 0 saturated carbocycles. The van der Waals surface area contributed by atoms with Crippen molar-refractivity contribution in [1.29, 1.82) is 0 Å². The van der Waals surface area contributed by atoms with Crippen LogP contribution in [0.25, 0.3) is 10.8 Å². The molecule has 2 heterocycles. The largest absolute Gasteiger partial charge is 0.408 e. The summed E-state index contributed by atoms with van der Waals surface area (Å²) in [7, 11) is 1.64. The fourth-order valence-electron chi connectivity index (χ4n) is 1.57. The zero-order valence-electron chi connectivity index (χ0n) is 10.5. The first-order valence-electron chi connectivity index (χ1n) is 5.63. The van der Waals surface area contributed by atoms with Crippen molar-refractivity contribution in [3.8, 4) is 10.8 Å². The molecule has 2 rings (SSSR count). The van der Waals surface area contributed by atoms with Crippen molar-refractivity contribution >= 4 is 23.6 Å². The summed E-state index contributed by atoms with van der Waals surface area (Å²) in [5.41, 5.74) is 0.850. The molecule has 2 aromatic heterocycles. The Morgan fingerprint density at radius 1 is 1.50 bits per heavy atom. The summed E-state index contributed by atoms with van der Waals surface area (Å²) in [6.07, 6.45) is 0.937. The predicted molar refractivity (Wildman–Crippen MR) is 72.1 cm³/mol. The molecule has 2 aromatic rings. The lowest BCUT2D eigenvalue weighted by atomic mass is 10.1. The molecule has 0 aliphatic carbocycles. The minimum absolute atomic E-state index is 0.271. The van der Waals surface area contributed by atoms with Gasteiger partial charge >= 0.3 is 0 Å². The van der Waals surface area contributed by atoms with Crippen LogP contribution in [-0.2, 0) is 17.8 Å².